The lowest BCUT2D eigenvalue weighted by Gasteiger charge is -2.16. The summed E-state index contributed by atoms with van der Waals surface area (Å²) >= 11 is 0. The average Bonchev–Trinajstić information content (AvgIpc) is 2.82. The standard InChI is InChI=1S/C12H14FNO4.C11H15NO2.C2H6/c1-18-12(17)14-9(7-11(15)16)6-8-4-2-3-5-10(8)13;1-9(12-11(13)14-2)8-10-6-4-3-5-7-10;1-2/h2-5,9H,6-7H2,1H3,(H,14,17)(H,15,16);3-7,9H,8H2,1-2H3,(H,12,13);1-2H3. The van der Waals surface area contributed by atoms with E-state index < -0.39 is 23.9 Å². The molecule has 8 nitrogen and oxygen atoms in total. The SMILES string of the molecule is CC.COC(=O)NC(C)Cc1ccccc1.COC(=O)NC(CC(=O)O)Cc1ccccc1F. The summed E-state index contributed by atoms with van der Waals surface area (Å²) in [6.07, 6.45) is -0.515. The second kappa shape index (κ2) is 17.9. The molecule has 0 aromatic heterocycles. The number of halogens is 1. The normalized spacial score (nSPS) is 11.2. The van der Waals surface area contributed by atoms with E-state index in [-0.39, 0.29) is 25.0 Å². The largest absolute Gasteiger partial charge is 0.481 e. The van der Waals surface area contributed by atoms with Gasteiger partial charge >= 0.3 is 18.2 Å². The van der Waals surface area contributed by atoms with Crippen LogP contribution in [0.15, 0.2) is 54.6 Å². The minimum Gasteiger partial charge on any atom is -0.481 e. The Labute approximate surface area is 200 Å². The molecule has 2 unspecified atom stereocenters. The highest BCUT2D eigenvalue weighted by atomic mass is 19.1. The molecule has 2 atom stereocenters. The predicted molar refractivity (Wildman–Crippen MR) is 128 cm³/mol. The summed E-state index contributed by atoms with van der Waals surface area (Å²) in [6.45, 7) is 5.95. The van der Waals surface area contributed by atoms with Crippen LogP contribution in [0.5, 0.6) is 0 Å². The number of hydrogen-bond donors (Lipinski definition) is 3. The van der Waals surface area contributed by atoms with Crippen LogP contribution in [0.25, 0.3) is 0 Å². The third kappa shape index (κ3) is 13.7. The van der Waals surface area contributed by atoms with Crippen molar-refractivity contribution in [2.45, 2.75) is 52.1 Å². The Morgan fingerprint density at radius 1 is 0.882 bits per heavy atom. The number of rotatable bonds is 8. The van der Waals surface area contributed by atoms with E-state index in [1.165, 1.54) is 25.8 Å². The molecule has 0 spiro atoms. The molecular weight excluding hydrogens is 443 g/mol. The molecule has 0 aliphatic rings. The van der Waals surface area contributed by atoms with Gasteiger partial charge in [-0.3, -0.25) is 4.79 Å². The molecule has 0 saturated carbocycles. The highest BCUT2D eigenvalue weighted by molar-refractivity contribution is 5.71. The fourth-order valence-corrected chi connectivity index (χ4v) is 2.82. The van der Waals surface area contributed by atoms with Crippen LogP contribution in [0.3, 0.4) is 0 Å². The zero-order chi connectivity index (χ0) is 25.9. The number of carbonyl (C=O) groups is 3. The maximum atomic E-state index is 13.4. The molecule has 0 heterocycles. The van der Waals surface area contributed by atoms with Crippen LogP contribution in [0.1, 0.15) is 38.3 Å². The van der Waals surface area contributed by atoms with Crippen molar-refractivity contribution in [3.05, 3.63) is 71.5 Å². The number of carboxylic acids is 1. The van der Waals surface area contributed by atoms with Gasteiger partial charge in [0, 0.05) is 12.1 Å². The monoisotopic (exact) mass is 478 g/mol. The van der Waals surface area contributed by atoms with E-state index in [1.807, 2.05) is 51.1 Å². The fraction of sp³-hybridized carbons (Fsp3) is 0.400. The first-order valence-corrected chi connectivity index (χ1v) is 10.9. The summed E-state index contributed by atoms with van der Waals surface area (Å²) in [6, 6.07) is 15.4. The second-order valence-electron chi connectivity index (χ2n) is 6.95. The van der Waals surface area contributed by atoms with Crippen LogP contribution < -0.4 is 10.6 Å². The van der Waals surface area contributed by atoms with Gasteiger partial charge in [-0.2, -0.15) is 0 Å². The van der Waals surface area contributed by atoms with Crippen molar-refractivity contribution in [1.82, 2.24) is 10.6 Å². The van der Waals surface area contributed by atoms with Gasteiger partial charge in [-0.05, 0) is 37.0 Å². The van der Waals surface area contributed by atoms with Gasteiger partial charge in [0.05, 0.1) is 20.6 Å². The smallest absolute Gasteiger partial charge is 0.407 e. The van der Waals surface area contributed by atoms with E-state index in [9.17, 15) is 18.8 Å². The van der Waals surface area contributed by atoms with Crippen LogP contribution in [-0.4, -0.2) is 49.6 Å². The van der Waals surface area contributed by atoms with E-state index in [2.05, 4.69) is 20.1 Å². The first-order chi connectivity index (χ1) is 16.2. The van der Waals surface area contributed by atoms with E-state index in [4.69, 9.17) is 5.11 Å². The van der Waals surface area contributed by atoms with Crippen molar-refractivity contribution in [2.24, 2.45) is 0 Å². The van der Waals surface area contributed by atoms with Gasteiger partial charge in [-0.25, -0.2) is 14.0 Å². The van der Waals surface area contributed by atoms with Crippen LogP contribution in [0.4, 0.5) is 14.0 Å². The fourth-order valence-electron chi connectivity index (χ4n) is 2.82. The Kier molecular flexibility index (Phi) is 16.0. The van der Waals surface area contributed by atoms with Crippen molar-refractivity contribution in [2.75, 3.05) is 14.2 Å². The topological polar surface area (TPSA) is 114 Å². The summed E-state index contributed by atoms with van der Waals surface area (Å²) in [5, 5.41) is 13.8. The van der Waals surface area contributed by atoms with Gasteiger partial charge < -0.3 is 25.2 Å². The van der Waals surface area contributed by atoms with E-state index >= 15 is 0 Å². The van der Waals surface area contributed by atoms with Crippen molar-refractivity contribution in [1.29, 1.82) is 0 Å². The first kappa shape index (κ1) is 30.4. The van der Waals surface area contributed by atoms with E-state index in [0.717, 1.165) is 6.42 Å². The number of carboxylic acid groups (broad SMARTS) is 1. The maximum Gasteiger partial charge on any atom is 0.407 e. The van der Waals surface area contributed by atoms with Gasteiger partial charge in [0.25, 0.3) is 0 Å². The van der Waals surface area contributed by atoms with Gasteiger partial charge in [-0.1, -0.05) is 62.4 Å². The van der Waals surface area contributed by atoms with Gasteiger partial charge in [0.2, 0.25) is 0 Å². The van der Waals surface area contributed by atoms with Crippen molar-refractivity contribution in [3.8, 4) is 0 Å². The molecular formula is C25H35FN2O6. The Hall–Kier alpha value is -3.62. The summed E-state index contributed by atoms with van der Waals surface area (Å²) in [7, 11) is 2.54. The third-order valence-electron chi connectivity index (χ3n) is 4.29. The Morgan fingerprint density at radius 2 is 1.41 bits per heavy atom. The van der Waals surface area contributed by atoms with Crippen LogP contribution in [0.2, 0.25) is 0 Å². The molecule has 0 bridgehead atoms. The minimum atomic E-state index is -1.08. The quantitative estimate of drug-likeness (QED) is 0.512. The molecule has 0 radical (unpaired) electrons. The van der Waals surface area contributed by atoms with Crippen LogP contribution in [-0.2, 0) is 27.1 Å². The maximum absolute atomic E-state index is 13.4. The molecule has 2 aromatic rings. The summed E-state index contributed by atoms with van der Waals surface area (Å²) in [4.78, 5) is 32.6. The highest BCUT2D eigenvalue weighted by Crippen LogP contribution is 2.11. The molecule has 0 saturated heterocycles. The minimum absolute atomic E-state index is 0.0878. The number of alkyl carbamates (subject to hydrolysis) is 2. The zero-order valence-electron chi connectivity index (χ0n) is 20.3. The number of hydrogen-bond acceptors (Lipinski definition) is 5. The number of amides is 2. The lowest BCUT2D eigenvalue weighted by atomic mass is 10.0. The van der Waals surface area contributed by atoms with Crippen molar-refractivity contribution in [3.63, 3.8) is 0 Å². The van der Waals surface area contributed by atoms with Crippen molar-refractivity contribution < 1.29 is 33.4 Å². The molecule has 0 aliphatic heterocycles. The van der Waals surface area contributed by atoms with Crippen LogP contribution in [0, 0.1) is 5.82 Å². The number of methoxy groups -OCH3 is 2. The number of nitrogens with one attached hydrogen (secondary N) is 2. The predicted octanol–water partition coefficient (Wildman–Crippen LogP) is 4.57. The number of ether oxygens (including phenoxy) is 2. The lowest BCUT2D eigenvalue weighted by Crippen LogP contribution is -2.38. The Morgan fingerprint density at radius 3 is 1.94 bits per heavy atom. The van der Waals surface area contributed by atoms with E-state index in [0.29, 0.717) is 5.56 Å². The number of carbonyl (C=O) groups excluding carboxylic acids is 2. The van der Waals surface area contributed by atoms with E-state index in [1.54, 1.807) is 18.2 Å². The molecule has 2 amide bonds. The molecule has 3 N–H and O–H groups in total. The highest BCUT2D eigenvalue weighted by Gasteiger charge is 2.18. The zero-order valence-corrected chi connectivity index (χ0v) is 20.3. The first-order valence-electron chi connectivity index (χ1n) is 10.9. The summed E-state index contributed by atoms with van der Waals surface area (Å²) in [5.41, 5.74) is 1.55. The Bertz CT molecular complexity index is 863. The van der Waals surface area contributed by atoms with Gasteiger partial charge in [0.15, 0.2) is 0 Å². The van der Waals surface area contributed by atoms with Gasteiger partial charge in [0.1, 0.15) is 5.82 Å². The number of benzene rings is 2. The van der Waals surface area contributed by atoms with Crippen molar-refractivity contribution >= 4 is 18.2 Å². The molecule has 2 rings (SSSR count). The summed E-state index contributed by atoms with van der Waals surface area (Å²) in [5.74, 6) is -1.51. The molecule has 9 heteroatoms. The molecule has 0 aliphatic carbocycles. The molecule has 2 aromatic carbocycles. The number of aliphatic carboxylic acids is 1. The second-order valence-corrected chi connectivity index (χ2v) is 6.95. The molecule has 188 valence electrons. The van der Waals surface area contributed by atoms with Gasteiger partial charge in [-0.15, -0.1) is 0 Å². The molecule has 34 heavy (non-hydrogen) atoms. The van der Waals surface area contributed by atoms with Crippen LogP contribution >= 0.6 is 0 Å². The third-order valence-corrected chi connectivity index (χ3v) is 4.29. The average molecular weight is 479 g/mol. The molecule has 0 fully saturated rings. The summed E-state index contributed by atoms with van der Waals surface area (Å²) < 4.78 is 22.3. The Balaban J connectivity index is 0.000000613. The lowest BCUT2D eigenvalue weighted by molar-refractivity contribution is -0.137.